The lowest BCUT2D eigenvalue weighted by atomic mass is 9.81. The van der Waals surface area contributed by atoms with E-state index >= 15 is 0 Å². The van der Waals surface area contributed by atoms with Crippen molar-refractivity contribution >= 4 is 59.9 Å². The maximum absolute atomic E-state index is 13.1. The lowest BCUT2D eigenvalue weighted by Crippen LogP contribution is -2.48. The number of piperazine rings is 1. The highest BCUT2D eigenvalue weighted by molar-refractivity contribution is 9.10. The smallest absolute Gasteiger partial charge is 0.178 e. The van der Waals surface area contributed by atoms with Gasteiger partial charge in [0, 0.05) is 89.4 Å². The number of imidazole rings is 2. The highest BCUT2D eigenvalue weighted by Crippen LogP contribution is 2.42. The van der Waals surface area contributed by atoms with Crippen LogP contribution >= 0.6 is 31.9 Å². The van der Waals surface area contributed by atoms with E-state index in [1.165, 1.54) is 5.69 Å². The first-order chi connectivity index (χ1) is 29.3. The number of halogens is 2. The molecule has 2 fully saturated rings. The number of likely N-dealkylation sites (tertiary alicyclic amines) is 1. The zero-order chi connectivity index (χ0) is 41.1. The summed E-state index contributed by atoms with van der Waals surface area (Å²) in [5.41, 5.74) is 4.44. The van der Waals surface area contributed by atoms with Crippen molar-refractivity contribution in [3.63, 3.8) is 0 Å². The molecule has 7 aromatic rings. The molecule has 0 spiro atoms. The van der Waals surface area contributed by atoms with E-state index in [-0.39, 0.29) is 5.92 Å². The number of pyridine rings is 2. The number of hydrogen-bond acceptors (Lipinski definition) is 11. The average Bonchev–Trinajstić information content (AvgIpc) is 3.92. The standard InChI is InChI=1S/C45H47Br2N9O4/c1-58-38-5-2-4-36(28-38)55-18-16-54(17-19-55)21-23-60-39-25-33(24-34(46)26-39)45(57,56-30-50-44-41(56)6-3-13-48-44)32-11-14-53(15-12-32)20-22-59-37-9-7-31(8-10-37)42-51-40-27-35(47)29-49-43(40)52-42/h2-10,13,24-30,32,57H,11-12,14-23H2,1H3,(H,49,51,52). The number of hydrogen-bond donors (Lipinski definition) is 2. The molecule has 0 amide bonds. The Labute approximate surface area is 365 Å². The second-order valence-corrected chi connectivity index (χ2v) is 17.2. The van der Waals surface area contributed by atoms with Crippen molar-refractivity contribution < 1.29 is 19.3 Å². The molecular weight excluding hydrogens is 890 g/mol. The fourth-order valence-electron chi connectivity index (χ4n) is 8.45. The van der Waals surface area contributed by atoms with E-state index in [1.54, 1.807) is 25.8 Å². The van der Waals surface area contributed by atoms with Gasteiger partial charge in [0.1, 0.15) is 42.6 Å². The largest absolute Gasteiger partial charge is 0.497 e. The maximum Gasteiger partial charge on any atom is 0.178 e. The number of aliphatic hydroxyl groups is 1. The zero-order valence-corrected chi connectivity index (χ0v) is 36.6. The van der Waals surface area contributed by atoms with Crippen LogP contribution in [0.25, 0.3) is 33.7 Å². The van der Waals surface area contributed by atoms with E-state index in [0.29, 0.717) is 30.3 Å². The van der Waals surface area contributed by atoms with Crippen LogP contribution in [0.4, 0.5) is 5.69 Å². The summed E-state index contributed by atoms with van der Waals surface area (Å²) in [6, 6.07) is 28.0. The normalized spacial score (nSPS) is 16.6. The predicted molar refractivity (Wildman–Crippen MR) is 240 cm³/mol. The van der Waals surface area contributed by atoms with Crippen LogP contribution in [0.1, 0.15) is 18.4 Å². The second-order valence-electron chi connectivity index (χ2n) is 15.3. The molecule has 2 saturated heterocycles. The summed E-state index contributed by atoms with van der Waals surface area (Å²) >= 11 is 7.22. The zero-order valence-electron chi connectivity index (χ0n) is 33.4. The molecule has 0 radical (unpaired) electrons. The van der Waals surface area contributed by atoms with Crippen LogP contribution in [-0.4, -0.2) is 117 Å². The first-order valence-corrected chi connectivity index (χ1v) is 21.9. The number of rotatable bonds is 14. The predicted octanol–water partition coefficient (Wildman–Crippen LogP) is 7.59. The number of benzene rings is 3. The molecule has 0 aliphatic carbocycles. The van der Waals surface area contributed by atoms with E-state index in [9.17, 15) is 5.11 Å². The van der Waals surface area contributed by atoms with Crippen LogP contribution in [0.2, 0.25) is 0 Å². The van der Waals surface area contributed by atoms with Gasteiger partial charge in [-0.2, -0.15) is 0 Å². The minimum atomic E-state index is -1.40. The molecule has 2 aliphatic rings. The molecule has 60 heavy (non-hydrogen) atoms. The number of fused-ring (bicyclic) bond motifs is 2. The van der Waals surface area contributed by atoms with Crippen LogP contribution in [0.3, 0.4) is 0 Å². The minimum absolute atomic E-state index is 0.0996. The fraction of sp³-hybridized carbons (Fsp3) is 0.333. The summed E-state index contributed by atoms with van der Waals surface area (Å²) in [5, 5.41) is 13.1. The van der Waals surface area contributed by atoms with E-state index in [0.717, 1.165) is 114 Å². The Balaban J connectivity index is 0.829. The third-order valence-corrected chi connectivity index (χ3v) is 12.6. The Kier molecular flexibility index (Phi) is 12.0. The summed E-state index contributed by atoms with van der Waals surface area (Å²) in [7, 11) is 1.70. The van der Waals surface area contributed by atoms with Crippen molar-refractivity contribution in [3.05, 3.63) is 118 Å². The summed E-state index contributed by atoms with van der Waals surface area (Å²) in [6.45, 7) is 8.09. The number of H-pyrrole nitrogens is 1. The second kappa shape index (κ2) is 17.9. The molecule has 1 atom stereocenters. The maximum atomic E-state index is 13.1. The summed E-state index contributed by atoms with van der Waals surface area (Å²) in [4.78, 5) is 28.7. The van der Waals surface area contributed by atoms with Crippen molar-refractivity contribution in [2.75, 3.05) is 77.6 Å². The summed E-state index contributed by atoms with van der Waals surface area (Å²) in [6.07, 6.45) is 6.75. The van der Waals surface area contributed by atoms with Gasteiger partial charge in [0.25, 0.3) is 0 Å². The molecule has 3 aromatic carbocycles. The van der Waals surface area contributed by atoms with Gasteiger partial charge in [-0.3, -0.25) is 14.4 Å². The number of anilines is 1. The molecule has 4 aromatic heterocycles. The van der Waals surface area contributed by atoms with Gasteiger partial charge in [-0.1, -0.05) is 22.0 Å². The molecule has 2 aliphatic heterocycles. The van der Waals surface area contributed by atoms with Gasteiger partial charge in [0.15, 0.2) is 17.0 Å². The van der Waals surface area contributed by atoms with Crippen molar-refractivity contribution in [1.29, 1.82) is 0 Å². The lowest BCUT2D eigenvalue weighted by Gasteiger charge is -2.43. The molecule has 6 heterocycles. The van der Waals surface area contributed by atoms with Crippen molar-refractivity contribution in [1.82, 2.24) is 39.3 Å². The topological polar surface area (TPSA) is 130 Å². The van der Waals surface area contributed by atoms with Gasteiger partial charge < -0.3 is 29.2 Å². The molecule has 15 heteroatoms. The first-order valence-electron chi connectivity index (χ1n) is 20.4. The molecule has 13 nitrogen and oxygen atoms in total. The van der Waals surface area contributed by atoms with Crippen LogP contribution in [0.5, 0.6) is 17.2 Å². The number of nitrogens with one attached hydrogen (secondary N) is 1. The average molecular weight is 938 g/mol. The van der Waals surface area contributed by atoms with Gasteiger partial charge in [0.2, 0.25) is 0 Å². The number of aromatic amines is 1. The van der Waals surface area contributed by atoms with E-state index in [2.05, 4.69) is 83.6 Å². The Morgan fingerprint density at radius 3 is 2.30 bits per heavy atom. The number of nitrogens with zero attached hydrogens (tertiary/aromatic N) is 8. The Hall–Kier alpha value is -5.06. The molecule has 9 rings (SSSR count). The van der Waals surface area contributed by atoms with Gasteiger partial charge in [0.05, 0.1) is 18.1 Å². The van der Waals surface area contributed by atoms with Crippen LogP contribution in [0, 0.1) is 5.92 Å². The van der Waals surface area contributed by atoms with Crippen LogP contribution in [-0.2, 0) is 5.72 Å². The highest BCUT2D eigenvalue weighted by Gasteiger charge is 2.43. The van der Waals surface area contributed by atoms with E-state index in [1.807, 2.05) is 77.4 Å². The quantitative estimate of drug-likeness (QED) is 0.112. The molecular formula is C45H47Br2N9O4. The Morgan fingerprint density at radius 1 is 0.750 bits per heavy atom. The van der Waals surface area contributed by atoms with Crippen molar-refractivity contribution in [2.45, 2.75) is 18.6 Å². The van der Waals surface area contributed by atoms with Gasteiger partial charge in [-0.15, -0.1) is 0 Å². The number of methoxy groups -OCH3 is 1. The van der Waals surface area contributed by atoms with E-state index in [4.69, 9.17) is 14.2 Å². The third kappa shape index (κ3) is 8.73. The van der Waals surface area contributed by atoms with Crippen molar-refractivity contribution in [3.8, 4) is 28.6 Å². The fourth-order valence-corrected chi connectivity index (χ4v) is 9.26. The van der Waals surface area contributed by atoms with Gasteiger partial charge >= 0.3 is 0 Å². The Morgan fingerprint density at radius 2 is 1.52 bits per heavy atom. The summed E-state index contributed by atoms with van der Waals surface area (Å²) in [5.74, 6) is 3.06. The van der Waals surface area contributed by atoms with E-state index < -0.39 is 5.72 Å². The molecule has 310 valence electrons. The molecule has 0 bridgehead atoms. The lowest BCUT2D eigenvalue weighted by molar-refractivity contribution is -0.0712. The minimum Gasteiger partial charge on any atom is -0.497 e. The SMILES string of the molecule is COc1cccc(N2CCN(CCOc3cc(Br)cc(C(O)(C4CCN(CCOc5ccc(-c6nc7ncc(Br)cc7[nH]6)cc5)CC4)n4cnc5ncccc54)c3)CC2)c1. The monoisotopic (exact) mass is 935 g/mol. The molecule has 2 N–H and O–H groups in total. The number of ether oxygens (including phenoxy) is 3. The van der Waals surface area contributed by atoms with Gasteiger partial charge in [-0.05, 0) is 115 Å². The molecule has 1 unspecified atom stereocenters. The Bertz CT molecular complexity index is 2550. The highest BCUT2D eigenvalue weighted by atomic mass is 79.9. The third-order valence-electron chi connectivity index (χ3n) is 11.7. The number of piperidine rings is 1. The first kappa shape index (κ1) is 40.4. The van der Waals surface area contributed by atoms with Gasteiger partial charge in [-0.25, -0.2) is 19.9 Å². The van der Waals surface area contributed by atoms with Crippen LogP contribution < -0.4 is 19.1 Å². The summed E-state index contributed by atoms with van der Waals surface area (Å²) < 4.78 is 21.7. The van der Waals surface area contributed by atoms with Crippen molar-refractivity contribution in [2.24, 2.45) is 5.92 Å². The molecule has 0 saturated carbocycles. The van der Waals surface area contributed by atoms with Crippen LogP contribution in [0.15, 0.2) is 113 Å². The number of aromatic nitrogens is 6.